The van der Waals surface area contributed by atoms with Gasteiger partial charge < -0.3 is 4.74 Å². The van der Waals surface area contributed by atoms with Crippen LogP contribution in [0.4, 0.5) is 0 Å². The number of hydrogen-bond donors (Lipinski definition) is 0. The summed E-state index contributed by atoms with van der Waals surface area (Å²) in [5.41, 5.74) is 1.03. The Balaban J connectivity index is 1.98. The van der Waals surface area contributed by atoms with Crippen molar-refractivity contribution in [3.8, 4) is 0 Å². The van der Waals surface area contributed by atoms with E-state index in [1.807, 2.05) is 31.2 Å². The fourth-order valence-electron chi connectivity index (χ4n) is 2.93. The van der Waals surface area contributed by atoms with Gasteiger partial charge >= 0.3 is 5.97 Å². The Hall–Kier alpha value is -1.70. The van der Waals surface area contributed by atoms with E-state index in [-0.39, 0.29) is 4.90 Å². The van der Waals surface area contributed by atoms with Crippen LogP contribution in [0.25, 0.3) is 0 Å². The fourth-order valence-corrected chi connectivity index (χ4v) is 4.90. The normalized spacial score (nSPS) is 22.3. The van der Waals surface area contributed by atoms with Crippen molar-refractivity contribution in [2.75, 3.05) is 0 Å². The highest BCUT2D eigenvalue weighted by molar-refractivity contribution is 9.10. The first-order valence-corrected chi connectivity index (χ1v) is 10.8. The second-order valence-corrected chi connectivity index (χ2v) is 10.4. The number of sulfonamides is 1. The van der Waals surface area contributed by atoms with E-state index in [4.69, 9.17) is 4.74 Å². The summed E-state index contributed by atoms with van der Waals surface area (Å²) >= 11 is 3.37. The molecule has 0 aromatic heterocycles. The first-order chi connectivity index (χ1) is 12.5. The lowest BCUT2D eigenvalue weighted by Crippen LogP contribution is -2.29. The number of aryl methyl sites for hydroxylation is 1. The van der Waals surface area contributed by atoms with Gasteiger partial charge in [0, 0.05) is 4.47 Å². The summed E-state index contributed by atoms with van der Waals surface area (Å²) in [5.74, 6) is -0.536. The number of ether oxygens (including phenoxy) is 1. The van der Waals surface area contributed by atoms with Gasteiger partial charge in [0.05, 0.1) is 10.9 Å². The maximum Gasteiger partial charge on any atom is 0.327 e. The van der Waals surface area contributed by atoms with Crippen LogP contribution in [-0.4, -0.2) is 30.3 Å². The van der Waals surface area contributed by atoms with Crippen molar-refractivity contribution < 1.29 is 17.9 Å². The third kappa shape index (κ3) is 4.25. The molecule has 0 saturated carbocycles. The smallest absolute Gasteiger partial charge is 0.327 e. The van der Waals surface area contributed by atoms with Crippen molar-refractivity contribution in [3.05, 3.63) is 64.1 Å². The molecule has 1 aliphatic rings. The van der Waals surface area contributed by atoms with E-state index in [0.717, 1.165) is 15.6 Å². The minimum absolute atomic E-state index is 0.168. The van der Waals surface area contributed by atoms with E-state index in [9.17, 15) is 13.2 Å². The number of halogens is 1. The third-order valence-corrected chi connectivity index (χ3v) is 6.62. The quantitative estimate of drug-likeness (QED) is 0.515. The number of benzene rings is 2. The Morgan fingerprint density at radius 2 is 1.59 bits per heavy atom. The van der Waals surface area contributed by atoms with Gasteiger partial charge in [0.2, 0.25) is 10.0 Å². The molecular formula is C20H22BrNO4S. The van der Waals surface area contributed by atoms with Gasteiger partial charge in [-0.15, -0.1) is 0 Å². The van der Waals surface area contributed by atoms with Gasteiger partial charge in [-0.2, -0.15) is 4.31 Å². The van der Waals surface area contributed by atoms with Crippen molar-refractivity contribution in [2.24, 2.45) is 0 Å². The van der Waals surface area contributed by atoms with Crippen molar-refractivity contribution in [1.82, 2.24) is 4.31 Å². The number of esters is 1. The summed E-state index contributed by atoms with van der Waals surface area (Å²) in [6, 6.07) is 12.5. The molecule has 3 atom stereocenters. The number of rotatable bonds is 4. The zero-order chi connectivity index (χ0) is 20.0. The largest absolute Gasteiger partial charge is 0.459 e. The standard InChI is InChI=1S/C20H22BrNO4S/c1-13-5-11-16(12-6-13)27(24,25)22-17(14-7-9-15(21)10-8-14)18(22)19(23)26-20(2,3)4/h5-12,17-18H,1-4H3. The summed E-state index contributed by atoms with van der Waals surface area (Å²) in [4.78, 5) is 12.8. The first-order valence-electron chi connectivity index (χ1n) is 8.59. The Morgan fingerprint density at radius 3 is 2.11 bits per heavy atom. The Bertz CT molecular complexity index is 947. The molecule has 3 rings (SSSR count). The number of hydrogen-bond acceptors (Lipinski definition) is 4. The average molecular weight is 452 g/mol. The van der Waals surface area contributed by atoms with Crippen LogP contribution in [0.1, 0.15) is 37.9 Å². The summed E-state index contributed by atoms with van der Waals surface area (Å²) < 4.78 is 33.9. The summed E-state index contributed by atoms with van der Waals surface area (Å²) in [7, 11) is -3.82. The highest BCUT2D eigenvalue weighted by Gasteiger charge is 2.61. The van der Waals surface area contributed by atoms with Gasteiger partial charge in [-0.25, -0.2) is 8.42 Å². The van der Waals surface area contributed by atoms with E-state index < -0.39 is 33.7 Å². The fraction of sp³-hybridized carbons (Fsp3) is 0.350. The molecule has 7 heteroatoms. The van der Waals surface area contributed by atoms with Crippen LogP contribution in [-0.2, 0) is 19.6 Å². The van der Waals surface area contributed by atoms with Gasteiger partial charge in [-0.3, -0.25) is 4.79 Å². The van der Waals surface area contributed by atoms with Gasteiger partial charge in [0.15, 0.2) is 0 Å². The Kier molecular flexibility index (Phi) is 5.22. The monoisotopic (exact) mass is 451 g/mol. The topological polar surface area (TPSA) is 63.5 Å². The molecule has 1 saturated heterocycles. The van der Waals surface area contributed by atoms with Crippen LogP contribution in [0.5, 0.6) is 0 Å². The van der Waals surface area contributed by atoms with Gasteiger partial charge in [-0.1, -0.05) is 45.8 Å². The highest BCUT2D eigenvalue weighted by atomic mass is 79.9. The zero-order valence-corrected chi connectivity index (χ0v) is 18.0. The molecule has 3 unspecified atom stereocenters. The number of carbonyl (C=O) groups excluding carboxylic acids is 1. The minimum atomic E-state index is -3.82. The molecular weight excluding hydrogens is 430 g/mol. The molecule has 27 heavy (non-hydrogen) atoms. The van der Waals surface area contributed by atoms with Crippen LogP contribution < -0.4 is 0 Å². The van der Waals surface area contributed by atoms with Gasteiger partial charge in [0.1, 0.15) is 11.6 Å². The summed E-state index contributed by atoms with van der Waals surface area (Å²) in [6.45, 7) is 7.18. The molecule has 0 N–H and O–H groups in total. The van der Waals surface area contributed by atoms with E-state index in [2.05, 4.69) is 15.9 Å². The maximum atomic E-state index is 13.1. The van der Waals surface area contributed by atoms with Gasteiger partial charge in [-0.05, 0) is 57.5 Å². The molecule has 2 aromatic carbocycles. The SMILES string of the molecule is Cc1ccc(S(=O)(=O)N2C(C(=O)OC(C)(C)C)C2c2ccc(Br)cc2)cc1. The van der Waals surface area contributed by atoms with Crippen molar-refractivity contribution in [2.45, 2.75) is 50.3 Å². The molecule has 0 amide bonds. The molecule has 144 valence electrons. The molecule has 0 bridgehead atoms. The second kappa shape index (κ2) is 7.04. The summed E-state index contributed by atoms with van der Waals surface area (Å²) in [6.07, 6.45) is 0. The molecule has 2 aromatic rings. The predicted molar refractivity (Wildman–Crippen MR) is 107 cm³/mol. The number of nitrogens with zero attached hydrogens (tertiary/aromatic N) is 1. The lowest BCUT2D eigenvalue weighted by atomic mass is 10.1. The molecule has 0 radical (unpaired) electrons. The van der Waals surface area contributed by atoms with E-state index in [1.54, 1.807) is 45.0 Å². The van der Waals surface area contributed by atoms with Crippen molar-refractivity contribution in [1.29, 1.82) is 0 Å². The van der Waals surface area contributed by atoms with Crippen LogP contribution >= 0.6 is 15.9 Å². The lowest BCUT2D eigenvalue weighted by Gasteiger charge is -2.19. The minimum Gasteiger partial charge on any atom is -0.459 e. The Morgan fingerprint density at radius 1 is 1.04 bits per heavy atom. The molecule has 1 heterocycles. The Labute approximate surface area is 168 Å². The highest BCUT2D eigenvalue weighted by Crippen LogP contribution is 2.48. The summed E-state index contributed by atoms with van der Waals surface area (Å²) in [5, 5.41) is 0. The second-order valence-electron chi connectivity index (χ2n) is 7.62. The maximum absolute atomic E-state index is 13.1. The van der Waals surface area contributed by atoms with Crippen molar-refractivity contribution >= 4 is 31.9 Å². The molecule has 1 fully saturated rings. The van der Waals surface area contributed by atoms with Crippen LogP contribution in [0.15, 0.2) is 57.9 Å². The van der Waals surface area contributed by atoms with E-state index in [1.165, 1.54) is 4.31 Å². The molecule has 5 nitrogen and oxygen atoms in total. The zero-order valence-electron chi connectivity index (χ0n) is 15.6. The molecule has 0 aliphatic carbocycles. The first kappa shape index (κ1) is 20.0. The third-order valence-electron chi connectivity index (χ3n) is 4.21. The molecule has 1 aliphatic heterocycles. The lowest BCUT2D eigenvalue weighted by molar-refractivity contribution is -0.154. The molecule has 0 spiro atoms. The van der Waals surface area contributed by atoms with Crippen LogP contribution in [0, 0.1) is 6.92 Å². The van der Waals surface area contributed by atoms with Gasteiger partial charge in [0.25, 0.3) is 0 Å². The van der Waals surface area contributed by atoms with Crippen LogP contribution in [0.2, 0.25) is 0 Å². The van der Waals surface area contributed by atoms with E-state index >= 15 is 0 Å². The predicted octanol–water partition coefficient (Wildman–Crippen LogP) is 4.21. The van der Waals surface area contributed by atoms with E-state index in [0.29, 0.717) is 0 Å². The van der Waals surface area contributed by atoms with Crippen molar-refractivity contribution in [3.63, 3.8) is 0 Å². The van der Waals surface area contributed by atoms with Crippen LogP contribution in [0.3, 0.4) is 0 Å². The average Bonchev–Trinajstić information content (AvgIpc) is 3.31. The number of carbonyl (C=O) groups is 1.